The second kappa shape index (κ2) is 4.53. The number of halogens is 2. The van der Waals surface area contributed by atoms with E-state index in [2.05, 4.69) is 20.9 Å². The molecular weight excluding hydrogens is 273 g/mol. The van der Waals surface area contributed by atoms with Crippen LogP contribution < -0.4 is 0 Å². The summed E-state index contributed by atoms with van der Waals surface area (Å²) in [5.74, 6) is -0.338. The molecule has 0 aliphatic carbocycles. The van der Waals surface area contributed by atoms with E-state index in [1.54, 1.807) is 24.3 Å². The summed E-state index contributed by atoms with van der Waals surface area (Å²) in [7, 11) is 0. The van der Waals surface area contributed by atoms with Crippen LogP contribution in [0.2, 0.25) is 0 Å². The molecule has 0 fully saturated rings. The first-order chi connectivity index (χ1) is 7.70. The molecule has 2 aromatic rings. The Morgan fingerprint density at radius 2 is 2.06 bits per heavy atom. The van der Waals surface area contributed by atoms with Crippen LogP contribution in [0, 0.1) is 5.82 Å². The second-order valence-corrected chi connectivity index (χ2v) is 4.13. The molecule has 2 rings (SSSR count). The van der Waals surface area contributed by atoms with Crippen LogP contribution in [0.5, 0.6) is 0 Å². The molecule has 0 spiro atoms. The zero-order valence-electron chi connectivity index (χ0n) is 8.15. The van der Waals surface area contributed by atoms with Crippen molar-refractivity contribution >= 4 is 22.2 Å². The summed E-state index contributed by atoms with van der Waals surface area (Å²) in [6.07, 6.45) is 2.12. The first-order valence-corrected chi connectivity index (χ1v) is 5.36. The Morgan fingerprint density at radius 3 is 2.69 bits per heavy atom. The van der Waals surface area contributed by atoms with Gasteiger partial charge in [-0.05, 0) is 30.3 Å². The van der Waals surface area contributed by atoms with Crippen LogP contribution in [-0.2, 0) is 0 Å². The van der Waals surface area contributed by atoms with Crippen LogP contribution in [0.4, 0.5) is 4.39 Å². The van der Waals surface area contributed by atoms with Crippen LogP contribution in [0.1, 0.15) is 10.4 Å². The first-order valence-electron chi connectivity index (χ1n) is 4.57. The SMILES string of the molecule is O=Cc1ccc(-c2cc(Br)ccc2F)nc1. The van der Waals surface area contributed by atoms with Crippen LogP contribution in [-0.4, -0.2) is 11.3 Å². The fourth-order valence-electron chi connectivity index (χ4n) is 1.33. The van der Waals surface area contributed by atoms with Gasteiger partial charge in [-0.25, -0.2) is 4.39 Å². The quantitative estimate of drug-likeness (QED) is 0.788. The van der Waals surface area contributed by atoms with Crippen molar-refractivity contribution in [2.75, 3.05) is 0 Å². The Labute approximate surface area is 100 Å². The van der Waals surface area contributed by atoms with Crippen LogP contribution in [0.3, 0.4) is 0 Å². The van der Waals surface area contributed by atoms with Crippen molar-refractivity contribution in [1.29, 1.82) is 0 Å². The molecule has 1 aromatic carbocycles. The molecule has 1 aromatic heterocycles. The second-order valence-electron chi connectivity index (χ2n) is 3.22. The normalized spacial score (nSPS) is 10.1. The summed E-state index contributed by atoms with van der Waals surface area (Å²) in [6, 6.07) is 7.87. The molecule has 4 heteroatoms. The summed E-state index contributed by atoms with van der Waals surface area (Å²) in [4.78, 5) is 14.5. The molecule has 0 saturated carbocycles. The molecule has 0 atom stereocenters. The number of benzene rings is 1. The van der Waals surface area contributed by atoms with Crippen molar-refractivity contribution in [2.45, 2.75) is 0 Å². The maximum atomic E-state index is 13.5. The fraction of sp³-hybridized carbons (Fsp3) is 0. The number of aldehydes is 1. The van der Waals surface area contributed by atoms with Crippen molar-refractivity contribution in [3.8, 4) is 11.3 Å². The van der Waals surface area contributed by atoms with Gasteiger partial charge < -0.3 is 0 Å². The van der Waals surface area contributed by atoms with Crippen molar-refractivity contribution in [2.24, 2.45) is 0 Å². The molecule has 0 saturated heterocycles. The van der Waals surface area contributed by atoms with Crippen LogP contribution >= 0.6 is 15.9 Å². The lowest BCUT2D eigenvalue weighted by molar-refractivity contribution is 0.112. The van der Waals surface area contributed by atoms with Gasteiger partial charge in [0.05, 0.1) is 5.69 Å². The lowest BCUT2D eigenvalue weighted by atomic mass is 10.1. The summed E-state index contributed by atoms with van der Waals surface area (Å²) in [5.41, 5.74) is 1.38. The zero-order valence-corrected chi connectivity index (χ0v) is 9.74. The monoisotopic (exact) mass is 279 g/mol. The number of aromatic nitrogens is 1. The highest BCUT2D eigenvalue weighted by Gasteiger charge is 2.06. The maximum Gasteiger partial charge on any atom is 0.151 e. The number of pyridine rings is 1. The van der Waals surface area contributed by atoms with Gasteiger partial charge in [0.1, 0.15) is 5.82 Å². The Balaban J connectivity index is 2.49. The van der Waals surface area contributed by atoms with Crippen molar-refractivity contribution < 1.29 is 9.18 Å². The molecule has 80 valence electrons. The smallest absolute Gasteiger partial charge is 0.151 e. The fourth-order valence-corrected chi connectivity index (χ4v) is 1.69. The van der Waals surface area contributed by atoms with Crippen molar-refractivity contribution in [3.05, 3.63) is 52.4 Å². The highest BCUT2D eigenvalue weighted by Crippen LogP contribution is 2.24. The summed E-state index contributed by atoms with van der Waals surface area (Å²) in [6.45, 7) is 0. The number of carbonyl (C=O) groups is 1. The third-order valence-electron chi connectivity index (χ3n) is 2.13. The van der Waals surface area contributed by atoms with E-state index in [4.69, 9.17) is 0 Å². The third kappa shape index (κ3) is 2.17. The van der Waals surface area contributed by atoms with Gasteiger partial charge in [-0.1, -0.05) is 15.9 Å². The summed E-state index contributed by atoms with van der Waals surface area (Å²) >= 11 is 3.27. The molecule has 0 radical (unpaired) electrons. The highest BCUT2D eigenvalue weighted by atomic mass is 79.9. The number of nitrogens with zero attached hydrogens (tertiary/aromatic N) is 1. The Hall–Kier alpha value is -1.55. The zero-order chi connectivity index (χ0) is 11.5. The number of carbonyl (C=O) groups excluding carboxylic acids is 1. The molecule has 0 amide bonds. The topological polar surface area (TPSA) is 30.0 Å². The van der Waals surface area contributed by atoms with E-state index < -0.39 is 0 Å². The van der Waals surface area contributed by atoms with Crippen LogP contribution in [0.15, 0.2) is 41.0 Å². The predicted molar refractivity (Wildman–Crippen MR) is 62.7 cm³/mol. The minimum atomic E-state index is -0.338. The van der Waals surface area contributed by atoms with E-state index in [0.717, 1.165) is 4.47 Å². The molecule has 2 nitrogen and oxygen atoms in total. The van der Waals surface area contributed by atoms with Gasteiger partial charge in [0.2, 0.25) is 0 Å². The Bertz CT molecular complexity index is 525. The lowest BCUT2D eigenvalue weighted by Crippen LogP contribution is -1.89. The molecule has 0 bridgehead atoms. The molecule has 1 heterocycles. The summed E-state index contributed by atoms with van der Waals surface area (Å²) in [5, 5.41) is 0. The van der Waals surface area contributed by atoms with Gasteiger partial charge in [0.15, 0.2) is 6.29 Å². The number of rotatable bonds is 2. The van der Waals surface area contributed by atoms with E-state index in [1.807, 2.05) is 0 Å². The van der Waals surface area contributed by atoms with Crippen molar-refractivity contribution in [1.82, 2.24) is 4.98 Å². The van der Waals surface area contributed by atoms with Crippen LogP contribution in [0.25, 0.3) is 11.3 Å². The molecule has 16 heavy (non-hydrogen) atoms. The standard InChI is InChI=1S/C12H7BrFNO/c13-9-2-3-11(14)10(5-9)12-4-1-8(7-16)6-15-12/h1-7H. The van der Waals surface area contributed by atoms with Gasteiger partial charge in [0.25, 0.3) is 0 Å². The molecule has 0 aliphatic rings. The molecular formula is C12H7BrFNO. The highest BCUT2D eigenvalue weighted by molar-refractivity contribution is 9.10. The molecule has 0 N–H and O–H groups in total. The molecule has 0 aliphatic heterocycles. The lowest BCUT2D eigenvalue weighted by Gasteiger charge is -2.03. The van der Waals surface area contributed by atoms with E-state index >= 15 is 0 Å². The summed E-state index contributed by atoms with van der Waals surface area (Å²) < 4.78 is 14.3. The minimum Gasteiger partial charge on any atom is -0.298 e. The van der Waals surface area contributed by atoms with E-state index in [0.29, 0.717) is 23.1 Å². The molecule has 0 unspecified atom stereocenters. The van der Waals surface area contributed by atoms with Gasteiger partial charge in [-0.15, -0.1) is 0 Å². The minimum absolute atomic E-state index is 0.338. The average Bonchev–Trinajstić information content (AvgIpc) is 2.32. The van der Waals surface area contributed by atoms with E-state index in [1.165, 1.54) is 12.3 Å². The average molecular weight is 280 g/mol. The number of hydrogen-bond acceptors (Lipinski definition) is 2. The third-order valence-corrected chi connectivity index (χ3v) is 2.62. The first kappa shape index (κ1) is 11.0. The van der Waals surface area contributed by atoms with Gasteiger partial charge >= 0.3 is 0 Å². The van der Waals surface area contributed by atoms with E-state index in [-0.39, 0.29) is 5.82 Å². The van der Waals surface area contributed by atoms with Crippen molar-refractivity contribution in [3.63, 3.8) is 0 Å². The predicted octanol–water partition coefficient (Wildman–Crippen LogP) is 3.46. The largest absolute Gasteiger partial charge is 0.298 e. The van der Waals surface area contributed by atoms with Gasteiger partial charge in [-0.2, -0.15) is 0 Å². The number of hydrogen-bond donors (Lipinski definition) is 0. The maximum absolute atomic E-state index is 13.5. The Kier molecular flexibility index (Phi) is 3.10. The Morgan fingerprint density at radius 1 is 1.25 bits per heavy atom. The van der Waals surface area contributed by atoms with E-state index in [9.17, 15) is 9.18 Å². The van der Waals surface area contributed by atoms with Gasteiger partial charge in [0, 0.05) is 21.8 Å². The van der Waals surface area contributed by atoms with Gasteiger partial charge in [-0.3, -0.25) is 9.78 Å².